The number of nitrogens with one attached hydrogen (secondary N) is 2. The summed E-state index contributed by atoms with van der Waals surface area (Å²) < 4.78 is 25.5. The number of hydrogen-bond donors (Lipinski definition) is 2. The fourth-order valence-electron chi connectivity index (χ4n) is 1.23. The molecule has 0 saturated carbocycles. The van der Waals surface area contributed by atoms with Crippen molar-refractivity contribution < 1.29 is 13.6 Å². The monoisotopic (exact) mass is 238 g/mol. The minimum absolute atomic E-state index is 0.0626. The molecule has 0 spiro atoms. The van der Waals surface area contributed by atoms with Crippen molar-refractivity contribution in [1.29, 1.82) is 0 Å². The first-order valence-electron chi connectivity index (χ1n) is 4.74. The normalized spacial score (nSPS) is 10.2. The van der Waals surface area contributed by atoms with Crippen LogP contribution in [0.1, 0.15) is 16.2 Å². The minimum Gasteiger partial charge on any atom is -0.345 e. The summed E-state index contributed by atoms with van der Waals surface area (Å²) in [7, 11) is 0. The van der Waals surface area contributed by atoms with E-state index in [0.717, 1.165) is 12.1 Å². The van der Waals surface area contributed by atoms with Gasteiger partial charge in [-0.25, -0.2) is 13.8 Å². The molecule has 1 heterocycles. The number of hydrogen-bond acceptors (Lipinski definition) is 3. The lowest BCUT2D eigenvalue weighted by Gasteiger charge is -2.03. The highest BCUT2D eigenvalue weighted by Gasteiger charge is 2.08. The summed E-state index contributed by atoms with van der Waals surface area (Å²) in [6.07, 6.45) is 1.20. The van der Waals surface area contributed by atoms with Gasteiger partial charge >= 0.3 is 0 Å². The van der Waals surface area contributed by atoms with Gasteiger partial charge in [-0.05, 0) is 17.7 Å². The van der Waals surface area contributed by atoms with E-state index in [0.29, 0.717) is 5.56 Å². The lowest BCUT2D eigenvalue weighted by molar-refractivity contribution is 0.0941. The number of H-pyrrole nitrogens is 1. The van der Waals surface area contributed by atoms with Crippen LogP contribution in [0.15, 0.2) is 24.5 Å². The molecular formula is C10H8F2N4O. The number of carbonyl (C=O) groups is 1. The van der Waals surface area contributed by atoms with Gasteiger partial charge in [-0.2, -0.15) is 5.10 Å². The van der Waals surface area contributed by atoms with E-state index in [1.165, 1.54) is 12.4 Å². The van der Waals surface area contributed by atoms with Crippen LogP contribution in [0.25, 0.3) is 0 Å². The zero-order chi connectivity index (χ0) is 12.3. The SMILES string of the molecule is O=C(NCc1ccc(F)c(F)c1)c1ncn[nH]1. The summed E-state index contributed by atoms with van der Waals surface area (Å²) in [5.74, 6) is -2.27. The first kappa shape index (κ1) is 11.2. The molecule has 0 saturated heterocycles. The van der Waals surface area contributed by atoms with Crippen molar-refractivity contribution in [2.45, 2.75) is 6.54 Å². The van der Waals surface area contributed by atoms with Crippen molar-refractivity contribution >= 4 is 5.91 Å². The van der Waals surface area contributed by atoms with E-state index in [2.05, 4.69) is 20.5 Å². The van der Waals surface area contributed by atoms with Crippen molar-refractivity contribution in [2.24, 2.45) is 0 Å². The molecule has 0 atom stereocenters. The summed E-state index contributed by atoms with van der Waals surface area (Å²) >= 11 is 0. The molecule has 88 valence electrons. The maximum absolute atomic E-state index is 12.9. The average molecular weight is 238 g/mol. The summed E-state index contributed by atoms with van der Waals surface area (Å²) in [5, 5.41) is 8.39. The molecular weight excluding hydrogens is 230 g/mol. The lowest BCUT2D eigenvalue weighted by Crippen LogP contribution is -2.24. The van der Waals surface area contributed by atoms with Crippen LogP contribution in [-0.4, -0.2) is 21.1 Å². The molecule has 0 unspecified atom stereocenters. The fraction of sp³-hybridized carbons (Fsp3) is 0.100. The van der Waals surface area contributed by atoms with Crippen LogP contribution in [0.3, 0.4) is 0 Å². The number of aromatic amines is 1. The van der Waals surface area contributed by atoms with Gasteiger partial charge in [0.2, 0.25) is 5.82 Å². The Morgan fingerprint density at radius 3 is 2.82 bits per heavy atom. The quantitative estimate of drug-likeness (QED) is 0.838. The minimum atomic E-state index is -0.948. The second-order valence-electron chi connectivity index (χ2n) is 3.27. The Labute approximate surface area is 94.9 Å². The Morgan fingerprint density at radius 1 is 1.35 bits per heavy atom. The zero-order valence-electron chi connectivity index (χ0n) is 8.58. The summed E-state index contributed by atoms with van der Waals surface area (Å²) in [6.45, 7) is 0.0801. The van der Waals surface area contributed by atoms with Crippen molar-refractivity contribution in [3.63, 3.8) is 0 Å². The number of rotatable bonds is 3. The molecule has 5 nitrogen and oxygen atoms in total. The maximum atomic E-state index is 12.9. The first-order valence-corrected chi connectivity index (χ1v) is 4.74. The molecule has 0 aliphatic carbocycles. The highest BCUT2D eigenvalue weighted by molar-refractivity contribution is 5.90. The highest BCUT2D eigenvalue weighted by Crippen LogP contribution is 2.08. The standard InChI is InChI=1S/C10H8F2N4O/c11-7-2-1-6(3-8(7)12)4-13-10(17)9-14-5-15-16-9/h1-3,5H,4H2,(H,13,17)(H,14,15,16). The van der Waals surface area contributed by atoms with E-state index in [1.807, 2.05) is 0 Å². The Kier molecular flexibility index (Phi) is 3.08. The van der Waals surface area contributed by atoms with Crippen LogP contribution in [0.4, 0.5) is 8.78 Å². The summed E-state index contributed by atoms with van der Waals surface area (Å²) in [6, 6.07) is 3.42. The fourth-order valence-corrected chi connectivity index (χ4v) is 1.23. The molecule has 0 radical (unpaired) electrons. The van der Waals surface area contributed by atoms with Gasteiger partial charge in [0.15, 0.2) is 11.6 Å². The van der Waals surface area contributed by atoms with Crippen molar-refractivity contribution in [3.8, 4) is 0 Å². The lowest BCUT2D eigenvalue weighted by atomic mass is 10.2. The Bertz CT molecular complexity index is 527. The Balaban J connectivity index is 1.98. The molecule has 0 aliphatic heterocycles. The van der Waals surface area contributed by atoms with Crippen molar-refractivity contribution in [3.05, 3.63) is 47.5 Å². The van der Waals surface area contributed by atoms with Gasteiger partial charge in [-0.3, -0.25) is 9.89 Å². The van der Waals surface area contributed by atoms with Crippen LogP contribution < -0.4 is 5.32 Å². The van der Waals surface area contributed by atoms with Crippen molar-refractivity contribution in [2.75, 3.05) is 0 Å². The van der Waals surface area contributed by atoms with E-state index in [4.69, 9.17) is 0 Å². The van der Waals surface area contributed by atoms with E-state index >= 15 is 0 Å². The molecule has 1 amide bonds. The topological polar surface area (TPSA) is 70.7 Å². The smallest absolute Gasteiger partial charge is 0.288 e. The van der Waals surface area contributed by atoms with Gasteiger partial charge in [0.05, 0.1) is 0 Å². The molecule has 2 N–H and O–H groups in total. The van der Waals surface area contributed by atoms with Crippen molar-refractivity contribution in [1.82, 2.24) is 20.5 Å². The molecule has 17 heavy (non-hydrogen) atoms. The van der Waals surface area contributed by atoms with E-state index in [-0.39, 0.29) is 12.4 Å². The van der Waals surface area contributed by atoms with Gasteiger partial charge < -0.3 is 5.32 Å². The molecule has 0 aliphatic rings. The van der Waals surface area contributed by atoms with Crippen LogP contribution in [0.5, 0.6) is 0 Å². The first-order chi connectivity index (χ1) is 8.16. The second-order valence-corrected chi connectivity index (χ2v) is 3.27. The highest BCUT2D eigenvalue weighted by atomic mass is 19.2. The number of nitrogens with zero attached hydrogens (tertiary/aromatic N) is 2. The Morgan fingerprint density at radius 2 is 2.18 bits per heavy atom. The van der Waals surface area contributed by atoms with E-state index in [1.54, 1.807) is 0 Å². The Hall–Kier alpha value is -2.31. The van der Waals surface area contributed by atoms with Gasteiger partial charge in [0.25, 0.3) is 5.91 Å². The van der Waals surface area contributed by atoms with Gasteiger partial charge in [-0.1, -0.05) is 6.07 Å². The average Bonchev–Trinajstić information content (AvgIpc) is 2.84. The summed E-state index contributed by atoms with van der Waals surface area (Å²) in [4.78, 5) is 15.1. The molecule has 0 bridgehead atoms. The number of aromatic nitrogens is 3. The van der Waals surface area contributed by atoms with Crippen LogP contribution >= 0.6 is 0 Å². The molecule has 7 heteroatoms. The third kappa shape index (κ3) is 2.63. The zero-order valence-corrected chi connectivity index (χ0v) is 8.58. The van der Waals surface area contributed by atoms with E-state index in [9.17, 15) is 13.6 Å². The number of carbonyl (C=O) groups excluding carboxylic acids is 1. The number of benzene rings is 1. The predicted molar refractivity (Wildman–Crippen MR) is 53.9 cm³/mol. The molecule has 2 aromatic rings. The second kappa shape index (κ2) is 4.69. The van der Waals surface area contributed by atoms with Gasteiger partial charge in [0.1, 0.15) is 6.33 Å². The third-order valence-electron chi connectivity index (χ3n) is 2.07. The number of halogens is 2. The van der Waals surface area contributed by atoms with Crippen LogP contribution in [-0.2, 0) is 6.54 Å². The van der Waals surface area contributed by atoms with Gasteiger partial charge in [-0.15, -0.1) is 0 Å². The van der Waals surface area contributed by atoms with Crippen LogP contribution in [0, 0.1) is 11.6 Å². The largest absolute Gasteiger partial charge is 0.345 e. The number of amides is 1. The maximum Gasteiger partial charge on any atom is 0.288 e. The molecule has 2 rings (SSSR count). The summed E-state index contributed by atoms with van der Waals surface area (Å²) in [5.41, 5.74) is 0.455. The van der Waals surface area contributed by atoms with E-state index < -0.39 is 17.5 Å². The third-order valence-corrected chi connectivity index (χ3v) is 2.07. The molecule has 0 fully saturated rings. The molecule has 1 aromatic carbocycles. The predicted octanol–water partition coefficient (Wildman–Crippen LogP) is 1.01. The van der Waals surface area contributed by atoms with Crippen LogP contribution in [0.2, 0.25) is 0 Å². The van der Waals surface area contributed by atoms with Gasteiger partial charge in [0, 0.05) is 6.54 Å². The molecule has 1 aromatic heterocycles.